The third-order valence-corrected chi connectivity index (χ3v) is 3.04. The molecule has 2 rings (SSSR count). The van der Waals surface area contributed by atoms with Crippen molar-refractivity contribution in [3.05, 3.63) is 76.8 Å². The number of benzene rings is 2. The summed E-state index contributed by atoms with van der Waals surface area (Å²) in [7, 11) is 0. The van der Waals surface area contributed by atoms with Crippen molar-refractivity contribution >= 4 is 23.4 Å². The minimum absolute atomic E-state index is 0.218. The van der Waals surface area contributed by atoms with E-state index in [1.807, 2.05) is 60.7 Å². The molecule has 0 bridgehead atoms. The molecule has 0 aliphatic heterocycles. The normalized spacial score (nSPS) is 11.5. The summed E-state index contributed by atoms with van der Waals surface area (Å²) in [5.74, 6) is 0. The molecule has 0 saturated heterocycles. The standard InChI is InChI=1S/C17H16ClNO2/c1-13(18)16(15-10-6-3-7-11-15)19-17(20)21-12-14-8-4-2-5-9-14/h2-11H,12H2,1H3,(H,19,20)/b16-13-. The third-order valence-electron chi connectivity index (χ3n) is 2.85. The van der Waals surface area contributed by atoms with E-state index in [1.54, 1.807) is 6.92 Å². The Morgan fingerprint density at radius 1 is 1.05 bits per heavy atom. The van der Waals surface area contributed by atoms with E-state index in [2.05, 4.69) is 5.32 Å². The van der Waals surface area contributed by atoms with Crippen molar-refractivity contribution < 1.29 is 9.53 Å². The molecule has 0 heterocycles. The van der Waals surface area contributed by atoms with E-state index in [1.165, 1.54) is 0 Å². The van der Waals surface area contributed by atoms with Crippen molar-refractivity contribution in [2.45, 2.75) is 13.5 Å². The van der Waals surface area contributed by atoms with E-state index < -0.39 is 6.09 Å². The minimum atomic E-state index is -0.530. The van der Waals surface area contributed by atoms with Gasteiger partial charge in [0.1, 0.15) is 6.61 Å². The minimum Gasteiger partial charge on any atom is -0.444 e. The summed E-state index contributed by atoms with van der Waals surface area (Å²) >= 11 is 6.05. The molecule has 21 heavy (non-hydrogen) atoms. The number of halogens is 1. The Morgan fingerprint density at radius 3 is 2.19 bits per heavy atom. The third kappa shape index (κ3) is 4.65. The van der Waals surface area contributed by atoms with Gasteiger partial charge in [-0.05, 0) is 18.1 Å². The molecule has 0 unspecified atom stereocenters. The van der Waals surface area contributed by atoms with Crippen LogP contribution >= 0.6 is 11.6 Å². The molecule has 2 aromatic rings. The molecule has 2 aromatic carbocycles. The lowest BCUT2D eigenvalue weighted by Gasteiger charge is -2.12. The molecule has 0 aliphatic rings. The molecule has 4 heteroatoms. The van der Waals surface area contributed by atoms with Crippen LogP contribution in [0.2, 0.25) is 0 Å². The topological polar surface area (TPSA) is 38.3 Å². The van der Waals surface area contributed by atoms with Crippen LogP contribution in [-0.4, -0.2) is 6.09 Å². The van der Waals surface area contributed by atoms with E-state index in [4.69, 9.17) is 16.3 Å². The zero-order valence-electron chi connectivity index (χ0n) is 11.7. The fraction of sp³-hybridized carbons (Fsp3) is 0.118. The summed E-state index contributed by atoms with van der Waals surface area (Å²) in [6, 6.07) is 18.9. The van der Waals surface area contributed by atoms with E-state index in [0.717, 1.165) is 11.1 Å². The van der Waals surface area contributed by atoms with E-state index in [9.17, 15) is 4.79 Å². The number of ether oxygens (including phenoxy) is 1. The number of nitrogens with one attached hydrogen (secondary N) is 1. The highest BCUT2D eigenvalue weighted by Gasteiger charge is 2.10. The lowest BCUT2D eigenvalue weighted by Crippen LogP contribution is -2.23. The first kappa shape index (κ1) is 15.1. The van der Waals surface area contributed by atoms with Crippen LogP contribution in [0.4, 0.5) is 4.79 Å². The molecular formula is C17H16ClNO2. The summed E-state index contributed by atoms with van der Waals surface area (Å²) in [6.45, 7) is 1.94. The predicted octanol–water partition coefficient (Wildman–Crippen LogP) is 4.54. The molecule has 0 saturated carbocycles. The maximum atomic E-state index is 11.9. The summed E-state index contributed by atoms with van der Waals surface area (Å²) in [6.07, 6.45) is -0.530. The number of carbonyl (C=O) groups excluding carboxylic acids is 1. The van der Waals surface area contributed by atoms with Gasteiger partial charge in [0.15, 0.2) is 0 Å². The smallest absolute Gasteiger partial charge is 0.412 e. The molecular weight excluding hydrogens is 286 g/mol. The Bertz CT molecular complexity index is 620. The Kier molecular flexibility index (Phi) is 5.41. The molecule has 0 aromatic heterocycles. The molecule has 0 atom stereocenters. The lowest BCUT2D eigenvalue weighted by atomic mass is 10.1. The molecule has 108 valence electrons. The fourth-order valence-electron chi connectivity index (χ4n) is 1.82. The lowest BCUT2D eigenvalue weighted by molar-refractivity contribution is 0.144. The van der Waals surface area contributed by atoms with Gasteiger partial charge < -0.3 is 4.74 Å². The summed E-state index contributed by atoms with van der Waals surface area (Å²) in [5.41, 5.74) is 2.32. The van der Waals surface area contributed by atoms with Gasteiger partial charge >= 0.3 is 6.09 Å². The number of amides is 1. The average Bonchev–Trinajstić information content (AvgIpc) is 2.52. The molecule has 0 fully saturated rings. The first-order valence-corrected chi connectivity index (χ1v) is 6.94. The Labute approximate surface area is 129 Å². The number of rotatable bonds is 4. The summed E-state index contributed by atoms with van der Waals surface area (Å²) in [5, 5.41) is 3.19. The fourth-order valence-corrected chi connectivity index (χ4v) is 1.98. The van der Waals surface area contributed by atoms with Gasteiger partial charge in [-0.2, -0.15) is 0 Å². The quantitative estimate of drug-likeness (QED) is 0.900. The largest absolute Gasteiger partial charge is 0.444 e. The SMILES string of the molecule is C/C(Cl)=C(/NC(=O)OCc1ccccc1)c1ccccc1. The molecule has 3 nitrogen and oxygen atoms in total. The predicted molar refractivity (Wildman–Crippen MR) is 84.7 cm³/mol. The van der Waals surface area contributed by atoms with Crippen LogP contribution in [-0.2, 0) is 11.3 Å². The number of carbonyl (C=O) groups is 1. The molecule has 0 spiro atoms. The Morgan fingerprint density at radius 2 is 1.62 bits per heavy atom. The van der Waals surface area contributed by atoms with E-state index in [-0.39, 0.29) is 6.61 Å². The number of hydrogen-bond acceptors (Lipinski definition) is 2. The molecule has 1 N–H and O–H groups in total. The highest BCUT2D eigenvalue weighted by molar-refractivity contribution is 6.32. The molecule has 0 aliphatic carbocycles. The van der Waals surface area contributed by atoms with Crippen LogP contribution < -0.4 is 5.32 Å². The van der Waals surface area contributed by atoms with Crippen molar-refractivity contribution in [3.8, 4) is 0 Å². The van der Waals surface area contributed by atoms with Gasteiger partial charge in [-0.3, -0.25) is 5.32 Å². The van der Waals surface area contributed by atoms with Crippen LogP contribution in [0.3, 0.4) is 0 Å². The molecule has 0 radical (unpaired) electrons. The van der Waals surface area contributed by atoms with Gasteiger partial charge in [-0.1, -0.05) is 72.3 Å². The second-order valence-corrected chi connectivity index (χ2v) is 5.03. The summed E-state index contributed by atoms with van der Waals surface area (Å²) < 4.78 is 5.19. The monoisotopic (exact) mass is 301 g/mol. The van der Waals surface area contributed by atoms with Crippen LogP contribution in [0.1, 0.15) is 18.1 Å². The van der Waals surface area contributed by atoms with Gasteiger partial charge in [0, 0.05) is 5.03 Å². The van der Waals surface area contributed by atoms with E-state index >= 15 is 0 Å². The van der Waals surface area contributed by atoms with Crippen LogP contribution in [0, 0.1) is 0 Å². The first-order chi connectivity index (χ1) is 10.2. The van der Waals surface area contributed by atoms with Crippen molar-refractivity contribution in [2.24, 2.45) is 0 Å². The van der Waals surface area contributed by atoms with Gasteiger partial charge in [-0.15, -0.1) is 0 Å². The van der Waals surface area contributed by atoms with Gasteiger partial charge in [0.25, 0.3) is 0 Å². The van der Waals surface area contributed by atoms with Crippen LogP contribution in [0.25, 0.3) is 5.70 Å². The zero-order valence-corrected chi connectivity index (χ0v) is 12.4. The van der Waals surface area contributed by atoms with Gasteiger partial charge in [0.2, 0.25) is 0 Å². The number of allylic oxidation sites excluding steroid dienone is 1. The van der Waals surface area contributed by atoms with Gasteiger partial charge in [-0.25, -0.2) is 4.79 Å². The van der Waals surface area contributed by atoms with E-state index in [0.29, 0.717) is 10.7 Å². The second kappa shape index (κ2) is 7.50. The molecule has 1 amide bonds. The van der Waals surface area contributed by atoms with Crippen molar-refractivity contribution in [1.82, 2.24) is 5.32 Å². The van der Waals surface area contributed by atoms with Crippen LogP contribution in [0.5, 0.6) is 0 Å². The average molecular weight is 302 g/mol. The highest BCUT2D eigenvalue weighted by atomic mass is 35.5. The Hall–Kier alpha value is -2.26. The van der Waals surface area contributed by atoms with Gasteiger partial charge in [0.05, 0.1) is 5.70 Å². The number of hydrogen-bond donors (Lipinski definition) is 1. The highest BCUT2D eigenvalue weighted by Crippen LogP contribution is 2.18. The van der Waals surface area contributed by atoms with Crippen LogP contribution in [0.15, 0.2) is 65.7 Å². The van der Waals surface area contributed by atoms with Crippen molar-refractivity contribution in [3.63, 3.8) is 0 Å². The second-order valence-electron chi connectivity index (χ2n) is 4.46. The summed E-state index contributed by atoms with van der Waals surface area (Å²) in [4.78, 5) is 11.9. The maximum absolute atomic E-state index is 11.9. The Balaban J connectivity index is 1.99. The van der Waals surface area contributed by atoms with Crippen molar-refractivity contribution in [1.29, 1.82) is 0 Å². The van der Waals surface area contributed by atoms with Crippen molar-refractivity contribution in [2.75, 3.05) is 0 Å². The first-order valence-electron chi connectivity index (χ1n) is 6.56. The number of alkyl carbamates (subject to hydrolysis) is 1. The zero-order chi connectivity index (χ0) is 15.1. The maximum Gasteiger partial charge on any atom is 0.412 e.